The zero-order chi connectivity index (χ0) is 16.1. The number of nitrogens with two attached hydrogens (primary N) is 1. The third kappa shape index (κ3) is 3.70. The normalized spacial score (nSPS) is 13.5. The van der Waals surface area contributed by atoms with Crippen LogP contribution < -0.4 is 20.1 Å². The monoisotopic (exact) mass is 312 g/mol. The Kier molecular flexibility index (Phi) is 4.91. The predicted molar refractivity (Wildman–Crippen MR) is 94.5 cm³/mol. The molecule has 4 heteroatoms. The number of nitrogen functional groups attached to an aromatic ring is 1. The number of rotatable bonds is 6. The zero-order valence-corrected chi connectivity index (χ0v) is 13.6. The summed E-state index contributed by atoms with van der Waals surface area (Å²) in [7, 11) is 0. The summed E-state index contributed by atoms with van der Waals surface area (Å²) in [6.45, 7) is 5.13. The van der Waals surface area contributed by atoms with Gasteiger partial charge in [-0.15, -0.1) is 0 Å². The molecule has 0 atom stereocenters. The van der Waals surface area contributed by atoms with Gasteiger partial charge in [-0.2, -0.15) is 0 Å². The molecule has 0 bridgehead atoms. The van der Waals surface area contributed by atoms with E-state index in [1.807, 2.05) is 37.3 Å². The number of benzene rings is 2. The molecule has 3 rings (SSSR count). The van der Waals surface area contributed by atoms with Crippen LogP contribution in [-0.2, 0) is 6.42 Å². The SMILES string of the molecule is CCOc1ccccc1OCCN1CCCc2ccc(N)cc21. The van der Waals surface area contributed by atoms with Crippen molar-refractivity contribution in [2.45, 2.75) is 19.8 Å². The number of aryl methyl sites for hydroxylation is 1. The summed E-state index contributed by atoms with van der Waals surface area (Å²) in [5.41, 5.74) is 9.38. The van der Waals surface area contributed by atoms with Crippen molar-refractivity contribution >= 4 is 11.4 Å². The quantitative estimate of drug-likeness (QED) is 0.829. The molecule has 122 valence electrons. The minimum Gasteiger partial charge on any atom is -0.490 e. The van der Waals surface area contributed by atoms with Gasteiger partial charge in [0.1, 0.15) is 6.61 Å². The van der Waals surface area contributed by atoms with Gasteiger partial charge in [0.25, 0.3) is 0 Å². The molecule has 0 radical (unpaired) electrons. The molecular formula is C19H24N2O2. The molecular weight excluding hydrogens is 288 g/mol. The first kappa shape index (κ1) is 15.5. The molecule has 1 aliphatic rings. The minimum absolute atomic E-state index is 0.623. The van der Waals surface area contributed by atoms with Gasteiger partial charge in [0.05, 0.1) is 13.2 Å². The number of hydrogen-bond acceptors (Lipinski definition) is 4. The molecule has 4 nitrogen and oxygen atoms in total. The highest BCUT2D eigenvalue weighted by atomic mass is 16.5. The van der Waals surface area contributed by atoms with Crippen molar-refractivity contribution < 1.29 is 9.47 Å². The van der Waals surface area contributed by atoms with Crippen LogP contribution in [0.25, 0.3) is 0 Å². The standard InChI is InChI=1S/C19H24N2O2/c1-2-22-18-7-3-4-8-19(18)23-13-12-21-11-5-6-15-9-10-16(20)14-17(15)21/h3-4,7-10,14H,2,5-6,11-13,20H2,1H3. The van der Waals surface area contributed by atoms with E-state index in [0.29, 0.717) is 13.2 Å². The molecule has 0 unspecified atom stereocenters. The molecule has 1 heterocycles. The van der Waals surface area contributed by atoms with Gasteiger partial charge in [0.2, 0.25) is 0 Å². The Morgan fingerprint density at radius 3 is 2.65 bits per heavy atom. The van der Waals surface area contributed by atoms with Crippen molar-refractivity contribution in [2.24, 2.45) is 0 Å². The third-order valence-electron chi connectivity index (χ3n) is 4.09. The highest BCUT2D eigenvalue weighted by molar-refractivity contribution is 5.62. The van der Waals surface area contributed by atoms with Gasteiger partial charge < -0.3 is 20.1 Å². The number of nitrogens with zero attached hydrogens (tertiary/aromatic N) is 1. The largest absolute Gasteiger partial charge is 0.490 e. The molecule has 23 heavy (non-hydrogen) atoms. The van der Waals surface area contributed by atoms with Gasteiger partial charge in [0.15, 0.2) is 11.5 Å². The van der Waals surface area contributed by atoms with E-state index in [2.05, 4.69) is 17.0 Å². The van der Waals surface area contributed by atoms with E-state index in [-0.39, 0.29) is 0 Å². The summed E-state index contributed by atoms with van der Waals surface area (Å²) in [5, 5.41) is 0. The zero-order valence-electron chi connectivity index (χ0n) is 13.6. The van der Waals surface area contributed by atoms with E-state index in [4.69, 9.17) is 15.2 Å². The van der Waals surface area contributed by atoms with E-state index in [1.165, 1.54) is 17.7 Å². The second-order valence-electron chi connectivity index (χ2n) is 5.71. The maximum atomic E-state index is 5.94. The van der Waals surface area contributed by atoms with Crippen LogP contribution in [-0.4, -0.2) is 26.3 Å². The first-order chi connectivity index (χ1) is 11.3. The average Bonchev–Trinajstić information content (AvgIpc) is 2.57. The Morgan fingerprint density at radius 1 is 1.09 bits per heavy atom. The molecule has 1 aliphatic heterocycles. The highest BCUT2D eigenvalue weighted by Crippen LogP contribution is 2.30. The first-order valence-corrected chi connectivity index (χ1v) is 8.26. The van der Waals surface area contributed by atoms with Gasteiger partial charge >= 0.3 is 0 Å². The van der Waals surface area contributed by atoms with Gasteiger partial charge in [-0.05, 0) is 49.6 Å². The Bertz CT molecular complexity index is 658. The molecule has 2 N–H and O–H groups in total. The van der Waals surface area contributed by atoms with E-state index in [1.54, 1.807) is 0 Å². The van der Waals surface area contributed by atoms with E-state index < -0.39 is 0 Å². The number of fused-ring (bicyclic) bond motifs is 1. The Hall–Kier alpha value is -2.36. The van der Waals surface area contributed by atoms with E-state index >= 15 is 0 Å². The molecule has 2 aromatic carbocycles. The first-order valence-electron chi connectivity index (χ1n) is 8.26. The molecule has 0 saturated heterocycles. The van der Waals surface area contributed by atoms with Crippen LogP contribution in [0.3, 0.4) is 0 Å². The number of para-hydroxylation sites is 2. The molecule has 0 aliphatic carbocycles. The molecule has 0 fully saturated rings. The van der Waals surface area contributed by atoms with Crippen molar-refractivity contribution in [3.63, 3.8) is 0 Å². The number of hydrogen-bond donors (Lipinski definition) is 1. The minimum atomic E-state index is 0.623. The lowest BCUT2D eigenvalue weighted by atomic mass is 10.0. The maximum Gasteiger partial charge on any atom is 0.161 e. The van der Waals surface area contributed by atoms with Crippen LogP contribution in [0.1, 0.15) is 18.9 Å². The fraction of sp³-hybridized carbons (Fsp3) is 0.368. The van der Waals surface area contributed by atoms with Crippen LogP contribution in [0.5, 0.6) is 11.5 Å². The average molecular weight is 312 g/mol. The molecule has 2 aromatic rings. The molecule has 0 spiro atoms. The summed E-state index contributed by atoms with van der Waals surface area (Å²) in [4.78, 5) is 2.36. The maximum absolute atomic E-state index is 5.94. The molecule has 0 saturated carbocycles. The molecule has 0 amide bonds. The van der Waals surface area contributed by atoms with Gasteiger partial charge in [-0.25, -0.2) is 0 Å². The Morgan fingerprint density at radius 2 is 1.87 bits per heavy atom. The van der Waals surface area contributed by atoms with Crippen LogP contribution in [0.4, 0.5) is 11.4 Å². The van der Waals surface area contributed by atoms with Crippen LogP contribution >= 0.6 is 0 Å². The highest BCUT2D eigenvalue weighted by Gasteiger charge is 2.17. The van der Waals surface area contributed by atoms with Crippen LogP contribution in [0, 0.1) is 0 Å². The fourth-order valence-corrected chi connectivity index (χ4v) is 3.01. The van der Waals surface area contributed by atoms with Gasteiger partial charge in [-0.1, -0.05) is 18.2 Å². The molecule has 0 aromatic heterocycles. The smallest absolute Gasteiger partial charge is 0.161 e. The number of anilines is 2. The van der Waals surface area contributed by atoms with Gasteiger partial charge in [0, 0.05) is 17.9 Å². The lowest BCUT2D eigenvalue weighted by Crippen LogP contribution is -2.33. The van der Waals surface area contributed by atoms with Crippen molar-refractivity contribution in [3.8, 4) is 11.5 Å². The van der Waals surface area contributed by atoms with Crippen LogP contribution in [0.15, 0.2) is 42.5 Å². The Balaban J connectivity index is 1.63. The van der Waals surface area contributed by atoms with Crippen molar-refractivity contribution in [1.82, 2.24) is 0 Å². The summed E-state index contributed by atoms with van der Waals surface area (Å²) in [6, 6.07) is 14.0. The lowest BCUT2D eigenvalue weighted by Gasteiger charge is -2.31. The summed E-state index contributed by atoms with van der Waals surface area (Å²) < 4.78 is 11.5. The van der Waals surface area contributed by atoms with Crippen LogP contribution in [0.2, 0.25) is 0 Å². The van der Waals surface area contributed by atoms with E-state index in [9.17, 15) is 0 Å². The second kappa shape index (κ2) is 7.27. The lowest BCUT2D eigenvalue weighted by molar-refractivity contribution is 0.280. The van der Waals surface area contributed by atoms with Crippen molar-refractivity contribution in [2.75, 3.05) is 36.9 Å². The summed E-state index contributed by atoms with van der Waals surface area (Å²) >= 11 is 0. The fourth-order valence-electron chi connectivity index (χ4n) is 3.01. The van der Waals surface area contributed by atoms with Gasteiger partial charge in [-0.3, -0.25) is 0 Å². The number of ether oxygens (including phenoxy) is 2. The predicted octanol–water partition coefficient (Wildman–Crippen LogP) is 3.50. The summed E-state index contributed by atoms with van der Waals surface area (Å²) in [5.74, 6) is 1.61. The third-order valence-corrected chi connectivity index (χ3v) is 4.09. The topological polar surface area (TPSA) is 47.7 Å². The van der Waals surface area contributed by atoms with E-state index in [0.717, 1.165) is 36.7 Å². The van der Waals surface area contributed by atoms with Crippen molar-refractivity contribution in [1.29, 1.82) is 0 Å². The summed E-state index contributed by atoms with van der Waals surface area (Å²) in [6.07, 6.45) is 2.30. The van der Waals surface area contributed by atoms with Crippen molar-refractivity contribution in [3.05, 3.63) is 48.0 Å². The Labute approximate surface area is 137 Å². The second-order valence-corrected chi connectivity index (χ2v) is 5.71.